The molecule has 1 N–H and O–H groups in total. The smallest absolute Gasteiger partial charge is 0.226 e. The van der Waals surface area contributed by atoms with E-state index in [-0.39, 0.29) is 5.82 Å². The summed E-state index contributed by atoms with van der Waals surface area (Å²) in [7, 11) is 1.54. The van der Waals surface area contributed by atoms with Crippen molar-refractivity contribution in [1.29, 1.82) is 0 Å². The molecule has 0 fully saturated rings. The zero-order chi connectivity index (χ0) is 13.8. The zero-order valence-electron chi connectivity index (χ0n) is 10.6. The molecular weight excluding hydrogens is 313 g/mol. The Bertz CT molecular complexity index is 592. The van der Waals surface area contributed by atoms with E-state index < -0.39 is 0 Å². The molecule has 6 heteroatoms. The Morgan fingerprint density at radius 1 is 1.32 bits per heavy atom. The maximum absolute atomic E-state index is 13.6. The molecule has 2 aromatic rings. The van der Waals surface area contributed by atoms with Crippen LogP contribution in [0.15, 0.2) is 28.7 Å². The van der Waals surface area contributed by atoms with Gasteiger partial charge in [-0.15, -0.1) is 0 Å². The Morgan fingerprint density at radius 2 is 2.11 bits per heavy atom. The molecule has 1 aromatic carbocycles. The average molecular weight is 326 g/mol. The third-order valence-electron chi connectivity index (χ3n) is 2.48. The van der Waals surface area contributed by atoms with Gasteiger partial charge < -0.3 is 10.1 Å². The maximum atomic E-state index is 13.6. The van der Waals surface area contributed by atoms with E-state index in [1.54, 1.807) is 25.3 Å². The third kappa shape index (κ3) is 3.64. The fraction of sp³-hybridized carbons (Fsp3) is 0.231. The van der Waals surface area contributed by atoms with Crippen LogP contribution in [0, 0.1) is 12.7 Å². The van der Waals surface area contributed by atoms with Crippen molar-refractivity contribution in [2.75, 3.05) is 12.4 Å². The summed E-state index contributed by atoms with van der Waals surface area (Å²) in [6.07, 6.45) is 0. The standard InChI is InChI=1S/C13H13BrFN3O/c1-8-5-12(19-2)18-13(17-8)16-7-9-6-10(14)3-4-11(9)15/h3-6H,7H2,1-2H3,(H,16,17,18). The van der Waals surface area contributed by atoms with Crippen LogP contribution in [0.5, 0.6) is 5.88 Å². The van der Waals surface area contributed by atoms with Crippen LogP contribution < -0.4 is 10.1 Å². The predicted molar refractivity (Wildman–Crippen MR) is 74.7 cm³/mol. The lowest BCUT2D eigenvalue weighted by Crippen LogP contribution is -2.06. The summed E-state index contributed by atoms with van der Waals surface area (Å²) >= 11 is 3.31. The number of hydrogen-bond acceptors (Lipinski definition) is 4. The van der Waals surface area contributed by atoms with Crippen molar-refractivity contribution in [2.24, 2.45) is 0 Å². The summed E-state index contributed by atoms with van der Waals surface area (Å²) in [5.41, 5.74) is 1.32. The number of aromatic nitrogens is 2. The minimum atomic E-state index is -0.268. The molecular formula is C13H13BrFN3O. The first-order chi connectivity index (χ1) is 9.08. The second kappa shape index (κ2) is 5.97. The van der Waals surface area contributed by atoms with Gasteiger partial charge in [0.15, 0.2) is 0 Å². The van der Waals surface area contributed by atoms with Crippen LogP contribution in [-0.2, 0) is 6.54 Å². The van der Waals surface area contributed by atoms with Gasteiger partial charge in [-0.25, -0.2) is 9.37 Å². The number of aryl methyl sites for hydroxylation is 1. The maximum Gasteiger partial charge on any atom is 0.226 e. The minimum Gasteiger partial charge on any atom is -0.481 e. The number of methoxy groups -OCH3 is 1. The molecule has 0 bridgehead atoms. The molecule has 0 saturated heterocycles. The van der Waals surface area contributed by atoms with Gasteiger partial charge in [-0.05, 0) is 25.1 Å². The van der Waals surface area contributed by atoms with Gasteiger partial charge in [0, 0.05) is 28.3 Å². The number of rotatable bonds is 4. The first kappa shape index (κ1) is 13.7. The van der Waals surface area contributed by atoms with Gasteiger partial charge in [0.05, 0.1) is 7.11 Å². The highest BCUT2D eigenvalue weighted by Crippen LogP contribution is 2.17. The van der Waals surface area contributed by atoms with Gasteiger partial charge in [-0.2, -0.15) is 4.98 Å². The molecule has 0 saturated carbocycles. The number of nitrogens with zero attached hydrogens (tertiary/aromatic N) is 2. The lowest BCUT2D eigenvalue weighted by Gasteiger charge is -2.08. The number of halogens is 2. The number of benzene rings is 1. The molecule has 1 heterocycles. The average Bonchev–Trinajstić information content (AvgIpc) is 2.39. The van der Waals surface area contributed by atoms with E-state index in [1.807, 2.05) is 6.92 Å². The van der Waals surface area contributed by atoms with Crippen molar-refractivity contribution in [2.45, 2.75) is 13.5 Å². The fourth-order valence-electron chi connectivity index (χ4n) is 1.58. The quantitative estimate of drug-likeness (QED) is 0.936. The molecule has 4 nitrogen and oxygen atoms in total. The van der Waals surface area contributed by atoms with E-state index in [4.69, 9.17) is 4.74 Å². The summed E-state index contributed by atoms with van der Waals surface area (Å²) in [4.78, 5) is 8.35. The largest absolute Gasteiger partial charge is 0.481 e. The molecule has 0 aliphatic rings. The van der Waals surface area contributed by atoms with E-state index in [0.717, 1.165) is 10.2 Å². The molecule has 0 amide bonds. The Labute approximate surface area is 119 Å². The van der Waals surface area contributed by atoms with Crippen molar-refractivity contribution < 1.29 is 9.13 Å². The first-order valence-corrected chi connectivity index (χ1v) is 6.45. The lowest BCUT2D eigenvalue weighted by atomic mass is 10.2. The van der Waals surface area contributed by atoms with E-state index in [9.17, 15) is 4.39 Å². The third-order valence-corrected chi connectivity index (χ3v) is 2.98. The highest BCUT2D eigenvalue weighted by molar-refractivity contribution is 9.10. The highest BCUT2D eigenvalue weighted by atomic mass is 79.9. The molecule has 0 atom stereocenters. The molecule has 0 radical (unpaired) electrons. The van der Waals surface area contributed by atoms with E-state index in [0.29, 0.717) is 23.9 Å². The van der Waals surface area contributed by atoms with Crippen LogP contribution in [0.25, 0.3) is 0 Å². The van der Waals surface area contributed by atoms with Crippen LogP contribution in [0.2, 0.25) is 0 Å². The molecule has 1 aromatic heterocycles. The van der Waals surface area contributed by atoms with Crippen LogP contribution in [0.4, 0.5) is 10.3 Å². The molecule has 0 unspecified atom stereocenters. The summed E-state index contributed by atoms with van der Waals surface area (Å²) in [5.74, 6) is 0.622. The molecule has 0 aliphatic heterocycles. The van der Waals surface area contributed by atoms with Crippen LogP contribution >= 0.6 is 15.9 Å². The van der Waals surface area contributed by atoms with Gasteiger partial charge in [0.25, 0.3) is 0 Å². The summed E-state index contributed by atoms with van der Waals surface area (Å²) in [6.45, 7) is 2.15. The van der Waals surface area contributed by atoms with E-state index >= 15 is 0 Å². The van der Waals surface area contributed by atoms with Crippen molar-refractivity contribution >= 4 is 21.9 Å². The van der Waals surface area contributed by atoms with Crippen molar-refractivity contribution in [1.82, 2.24) is 9.97 Å². The second-order valence-electron chi connectivity index (χ2n) is 3.96. The summed E-state index contributed by atoms with van der Waals surface area (Å²) in [6, 6.07) is 6.52. The van der Waals surface area contributed by atoms with E-state index in [2.05, 4.69) is 31.2 Å². The second-order valence-corrected chi connectivity index (χ2v) is 4.88. The van der Waals surface area contributed by atoms with Gasteiger partial charge >= 0.3 is 0 Å². The molecule has 0 aliphatic carbocycles. The Hall–Kier alpha value is -1.69. The molecule has 19 heavy (non-hydrogen) atoms. The number of anilines is 1. The van der Waals surface area contributed by atoms with Gasteiger partial charge in [-0.1, -0.05) is 15.9 Å². The Kier molecular flexibility index (Phi) is 4.31. The van der Waals surface area contributed by atoms with Crippen LogP contribution in [0.3, 0.4) is 0 Å². The van der Waals surface area contributed by atoms with Crippen LogP contribution in [-0.4, -0.2) is 17.1 Å². The SMILES string of the molecule is COc1cc(C)nc(NCc2cc(Br)ccc2F)n1. The highest BCUT2D eigenvalue weighted by Gasteiger charge is 2.05. The Morgan fingerprint density at radius 3 is 2.84 bits per heavy atom. The molecule has 2 rings (SSSR count). The molecule has 0 spiro atoms. The number of nitrogens with one attached hydrogen (secondary N) is 1. The van der Waals surface area contributed by atoms with E-state index in [1.165, 1.54) is 6.07 Å². The van der Waals surface area contributed by atoms with Gasteiger partial charge in [0.2, 0.25) is 11.8 Å². The minimum absolute atomic E-state index is 0.268. The normalized spacial score (nSPS) is 10.3. The van der Waals surface area contributed by atoms with Gasteiger partial charge in [-0.3, -0.25) is 0 Å². The monoisotopic (exact) mass is 325 g/mol. The summed E-state index contributed by atoms with van der Waals surface area (Å²) < 4.78 is 19.5. The number of hydrogen-bond donors (Lipinski definition) is 1. The number of ether oxygens (including phenoxy) is 1. The lowest BCUT2D eigenvalue weighted by molar-refractivity contribution is 0.397. The molecule has 100 valence electrons. The van der Waals surface area contributed by atoms with Crippen molar-refractivity contribution in [3.05, 3.63) is 45.8 Å². The Balaban J connectivity index is 2.14. The zero-order valence-corrected chi connectivity index (χ0v) is 12.2. The topological polar surface area (TPSA) is 47.0 Å². The van der Waals surface area contributed by atoms with Gasteiger partial charge in [0.1, 0.15) is 5.82 Å². The van der Waals surface area contributed by atoms with Crippen molar-refractivity contribution in [3.63, 3.8) is 0 Å². The van der Waals surface area contributed by atoms with Crippen molar-refractivity contribution in [3.8, 4) is 5.88 Å². The van der Waals surface area contributed by atoms with Crippen LogP contribution in [0.1, 0.15) is 11.3 Å². The predicted octanol–water partition coefficient (Wildman–Crippen LogP) is 3.31. The fourth-order valence-corrected chi connectivity index (χ4v) is 1.98. The first-order valence-electron chi connectivity index (χ1n) is 5.66. The summed E-state index contributed by atoms with van der Waals surface area (Å²) in [5, 5.41) is 2.98.